The molecule has 0 saturated heterocycles. The molecule has 48 heavy (non-hydrogen) atoms. The molecule has 6 aromatic rings. The molecule has 0 bridgehead atoms. The standard InChI is InChI=1S/C36H33N7O4S/c1-22-15-29(31-19-38-35(48-31)36(45)13-4-5-24-17-26(34(44)47-3)8-11-28(24)36)39-33(16-22)40-32-18-25(12-14-37-32)30-21-43(42-41-30)20-23-6-9-27(46-2)10-7-23/h6-12,14-19,21,45H,4-5,13,20H2,1-3H3,(H,37,39,40). The summed E-state index contributed by atoms with van der Waals surface area (Å²) in [4.78, 5) is 27.0. The van der Waals surface area contributed by atoms with Gasteiger partial charge in [0.15, 0.2) is 0 Å². The quantitative estimate of drug-likeness (QED) is 0.170. The van der Waals surface area contributed by atoms with E-state index < -0.39 is 11.6 Å². The van der Waals surface area contributed by atoms with Crippen molar-refractivity contribution in [3.63, 3.8) is 0 Å². The number of methoxy groups -OCH3 is 2. The molecule has 2 N–H and O–H groups in total. The fraction of sp³-hybridized carbons (Fsp3) is 0.222. The van der Waals surface area contributed by atoms with Gasteiger partial charge in [0.25, 0.3) is 0 Å². The van der Waals surface area contributed by atoms with E-state index in [1.54, 1.807) is 30.3 Å². The van der Waals surface area contributed by atoms with E-state index in [9.17, 15) is 9.90 Å². The lowest BCUT2D eigenvalue weighted by Crippen LogP contribution is -2.32. The van der Waals surface area contributed by atoms with Gasteiger partial charge < -0.3 is 19.9 Å². The Hall–Kier alpha value is -5.46. The van der Waals surface area contributed by atoms with Crippen molar-refractivity contribution in [2.75, 3.05) is 19.5 Å². The number of thiazole rings is 1. The van der Waals surface area contributed by atoms with E-state index in [1.165, 1.54) is 18.4 Å². The zero-order valence-electron chi connectivity index (χ0n) is 26.7. The third-order valence-electron chi connectivity index (χ3n) is 8.39. The fourth-order valence-corrected chi connectivity index (χ4v) is 7.01. The predicted octanol–water partition coefficient (Wildman–Crippen LogP) is 6.33. The highest BCUT2D eigenvalue weighted by molar-refractivity contribution is 7.15. The van der Waals surface area contributed by atoms with Crippen LogP contribution in [0.4, 0.5) is 11.6 Å². The molecule has 0 fully saturated rings. The zero-order valence-corrected chi connectivity index (χ0v) is 27.5. The van der Waals surface area contributed by atoms with E-state index in [0.717, 1.165) is 62.7 Å². The molecule has 0 radical (unpaired) electrons. The second-order valence-corrected chi connectivity index (χ2v) is 12.8. The fourth-order valence-electron chi connectivity index (χ4n) is 6.00. The first-order chi connectivity index (χ1) is 23.3. The summed E-state index contributed by atoms with van der Waals surface area (Å²) in [6.45, 7) is 2.59. The van der Waals surface area contributed by atoms with Gasteiger partial charge >= 0.3 is 5.97 Å². The highest BCUT2D eigenvalue weighted by Gasteiger charge is 2.39. The van der Waals surface area contributed by atoms with E-state index in [-0.39, 0.29) is 0 Å². The van der Waals surface area contributed by atoms with Gasteiger partial charge in [-0.15, -0.1) is 16.4 Å². The van der Waals surface area contributed by atoms with Gasteiger partial charge in [-0.3, -0.25) is 0 Å². The van der Waals surface area contributed by atoms with Crippen molar-refractivity contribution in [2.45, 2.75) is 38.3 Å². The smallest absolute Gasteiger partial charge is 0.337 e. The number of benzene rings is 2. The van der Waals surface area contributed by atoms with Gasteiger partial charge in [0.2, 0.25) is 0 Å². The minimum atomic E-state index is -1.25. The summed E-state index contributed by atoms with van der Waals surface area (Å²) in [6.07, 6.45) is 7.47. The number of fused-ring (bicyclic) bond motifs is 1. The molecule has 7 rings (SSSR count). The van der Waals surface area contributed by atoms with Crippen LogP contribution in [-0.2, 0) is 23.3 Å². The third-order valence-corrected chi connectivity index (χ3v) is 9.56. The van der Waals surface area contributed by atoms with Crippen molar-refractivity contribution in [1.82, 2.24) is 29.9 Å². The van der Waals surface area contributed by atoms with Crippen LogP contribution in [0.1, 0.15) is 50.5 Å². The minimum absolute atomic E-state index is 0.395. The summed E-state index contributed by atoms with van der Waals surface area (Å²) in [5.41, 5.74) is 5.35. The largest absolute Gasteiger partial charge is 0.497 e. The normalized spacial score (nSPS) is 15.5. The van der Waals surface area contributed by atoms with Crippen LogP contribution < -0.4 is 10.1 Å². The van der Waals surface area contributed by atoms with Gasteiger partial charge in [0.05, 0.1) is 43.1 Å². The molecule has 1 atom stereocenters. The molecule has 0 saturated carbocycles. The maximum atomic E-state index is 12.1. The topological polar surface area (TPSA) is 137 Å². The third kappa shape index (κ3) is 6.27. The molecule has 1 aliphatic rings. The van der Waals surface area contributed by atoms with Crippen molar-refractivity contribution in [1.29, 1.82) is 0 Å². The Bertz CT molecular complexity index is 2110. The highest BCUT2D eigenvalue weighted by atomic mass is 32.1. The number of carbonyl (C=O) groups is 1. The Morgan fingerprint density at radius 1 is 1.02 bits per heavy atom. The lowest BCUT2D eigenvalue weighted by atomic mass is 9.79. The van der Waals surface area contributed by atoms with Crippen LogP contribution in [-0.4, -0.2) is 55.2 Å². The number of nitrogens with one attached hydrogen (secondary N) is 1. The lowest BCUT2D eigenvalue weighted by Gasteiger charge is -2.33. The summed E-state index contributed by atoms with van der Waals surface area (Å²) < 4.78 is 11.9. The predicted molar refractivity (Wildman–Crippen MR) is 182 cm³/mol. The van der Waals surface area contributed by atoms with E-state index in [2.05, 4.69) is 25.6 Å². The van der Waals surface area contributed by atoms with Crippen LogP contribution >= 0.6 is 11.3 Å². The molecular weight excluding hydrogens is 627 g/mol. The molecule has 0 spiro atoms. The van der Waals surface area contributed by atoms with Crippen LogP contribution in [0.25, 0.3) is 21.8 Å². The first kappa shape index (κ1) is 31.2. The van der Waals surface area contributed by atoms with Crippen LogP contribution in [0, 0.1) is 6.92 Å². The summed E-state index contributed by atoms with van der Waals surface area (Å²) in [5, 5.41) is 24.6. The number of hydrogen-bond acceptors (Lipinski definition) is 11. The molecule has 11 nitrogen and oxygen atoms in total. The molecule has 242 valence electrons. The average Bonchev–Trinajstić information content (AvgIpc) is 3.79. The number of pyridine rings is 2. The van der Waals surface area contributed by atoms with Crippen molar-refractivity contribution < 1.29 is 19.4 Å². The maximum Gasteiger partial charge on any atom is 0.337 e. The molecular formula is C36H33N7O4S. The second kappa shape index (κ2) is 13.0. The Labute approximate surface area is 281 Å². The SMILES string of the molecule is COC(=O)c1ccc2c(c1)CCCC2(O)c1ncc(-c2cc(C)cc(Nc3cc(-c4cn(Cc5ccc(OC)cc5)nn4)ccn3)n2)s1. The molecule has 12 heteroatoms. The summed E-state index contributed by atoms with van der Waals surface area (Å²) in [5.74, 6) is 1.66. The van der Waals surface area contributed by atoms with Crippen LogP contribution in [0.2, 0.25) is 0 Å². The molecule has 4 heterocycles. The average molecular weight is 660 g/mol. The van der Waals surface area contributed by atoms with E-state index in [4.69, 9.17) is 14.5 Å². The number of nitrogens with zero attached hydrogens (tertiary/aromatic N) is 6. The number of aliphatic hydroxyl groups is 1. The number of rotatable bonds is 9. The van der Waals surface area contributed by atoms with Crippen molar-refractivity contribution in [2.24, 2.45) is 0 Å². The van der Waals surface area contributed by atoms with Gasteiger partial charge in [-0.1, -0.05) is 23.4 Å². The highest BCUT2D eigenvalue weighted by Crippen LogP contribution is 2.44. The second-order valence-electron chi connectivity index (χ2n) is 11.7. The van der Waals surface area contributed by atoms with Crippen molar-refractivity contribution in [3.8, 4) is 27.6 Å². The molecule has 0 aliphatic heterocycles. The summed E-state index contributed by atoms with van der Waals surface area (Å²) in [7, 11) is 3.01. The number of anilines is 2. The Kier molecular flexibility index (Phi) is 8.42. The number of aryl methyl sites for hydroxylation is 2. The Balaban J connectivity index is 1.10. The minimum Gasteiger partial charge on any atom is -0.497 e. The van der Waals surface area contributed by atoms with Gasteiger partial charge in [0.1, 0.15) is 33.7 Å². The number of hydrogen-bond donors (Lipinski definition) is 2. The molecule has 4 aromatic heterocycles. The maximum absolute atomic E-state index is 12.1. The van der Waals surface area contributed by atoms with Crippen LogP contribution in [0.3, 0.4) is 0 Å². The molecule has 1 aliphatic carbocycles. The number of carbonyl (C=O) groups excluding carboxylic acids is 1. The summed E-state index contributed by atoms with van der Waals surface area (Å²) in [6, 6.07) is 20.9. The summed E-state index contributed by atoms with van der Waals surface area (Å²) >= 11 is 1.42. The Morgan fingerprint density at radius 3 is 2.69 bits per heavy atom. The molecule has 0 amide bonds. The molecule has 2 aromatic carbocycles. The van der Waals surface area contributed by atoms with Gasteiger partial charge in [0, 0.05) is 18.0 Å². The number of aromatic nitrogens is 6. The van der Waals surface area contributed by atoms with Crippen LogP contribution in [0.5, 0.6) is 5.75 Å². The van der Waals surface area contributed by atoms with Crippen LogP contribution in [0.15, 0.2) is 85.3 Å². The monoisotopic (exact) mass is 659 g/mol. The van der Waals surface area contributed by atoms with Crippen molar-refractivity contribution >= 4 is 28.9 Å². The zero-order chi connectivity index (χ0) is 33.3. The number of esters is 1. The van der Waals surface area contributed by atoms with E-state index in [1.807, 2.05) is 73.8 Å². The van der Waals surface area contributed by atoms with Gasteiger partial charge in [-0.05, 0) is 97.0 Å². The molecule has 1 unspecified atom stereocenters. The van der Waals surface area contributed by atoms with E-state index in [0.29, 0.717) is 35.2 Å². The van der Waals surface area contributed by atoms with Gasteiger partial charge in [-0.2, -0.15) is 0 Å². The Morgan fingerprint density at radius 2 is 1.88 bits per heavy atom. The lowest BCUT2D eigenvalue weighted by molar-refractivity contribution is 0.0583. The number of ether oxygens (including phenoxy) is 2. The first-order valence-corrected chi connectivity index (χ1v) is 16.3. The van der Waals surface area contributed by atoms with E-state index >= 15 is 0 Å². The van der Waals surface area contributed by atoms with Gasteiger partial charge in [-0.25, -0.2) is 24.4 Å². The van der Waals surface area contributed by atoms with Crippen molar-refractivity contribution in [3.05, 3.63) is 118 Å². The first-order valence-electron chi connectivity index (χ1n) is 15.5.